The van der Waals surface area contributed by atoms with Gasteiger partial charge in [-0.2, -0.15) is 0 Å². The first-order chi connectivity index (χ1) is 13.3. The molecule has 7 nitrogen and oxygen atoms in total. The Bertz CT molecular complexity index is 808. The van der Waals surface area contributed by atoms with Gasteiger partial charge in [0.05, 0.1) is 27.8 Å². The maximum absolute atomic E-state index is 12.5. The summed E-state index contributed by atoms with van der Waals surface area (Å²) in [6, 6.07) is 3.61. The smallest absolute Gasteiger partial charge is 0.326 e. The van der Waals surface area contributed by atoms with Crippen LogP contribution in [0.2, 0.25) is 0 Å². The molecule has 0 atom stereocenters. The summed E-state index contributed by atoms with van der Waals surface area (Å²) in [5.41, 5.74) is 0.700. The molecule has 1 heterocycles. The number of nitrogens with zero attached hydrogens (tertiary/aromatic N) is 1. The normalized spacial score (nSPS) is 15.5. The van der Waals surface area contributed by atoms with Crippen LogP contribution in [0.5, 0.6) is 11.5 Å². The molecule has 9 heteroatoms. The Labute approximate surface area is 181 Å². The number of halogens is 1. The van der Waals surface area contributed by atoms with Crippen molar-refractivity contribution in [2.45, 2.75) is 33.8 Å². The van der Waals surface area contributed by atoms with E-state index in [9.17, 15) is 14.4 Å². The largest absolute Gasteiger partial charge is 0.490 e. The molecule has 1 fully saturated rings. The van der Waals surface area contributed by atoms with Crippen molar-refractivity contribution in [1.29, 1.82) is 0 Å². The van der Waals surface area contributed by atoms with Crippen LogP contribution in [0.15, 0.2) is 17.0 Å². The van der Waals surface area contributed by atoms with Crippen LogP contribution in [-0.4, -0.2) is 47.9 Å². The topological polar surface area (TPSA) is 82.1 Å². The summed E-state index contributed by atoms with van der Waals surface area (Å²) >= 11 is 2.94. The molecule has 2 amide bonds. The molecular formula is C19H22INO6S. The first-order valence-electron chi connectivity index (χ1n) is 8.80. The van der Waals surface area contributed by atoms with Gasteiger partial charge in [-0.3, -0.25) is 19.3 Å². The van der Waals surface area contributed by atoms with Gasteiger partial charge in [0.25, 0.3) is 11.1 Å². The summed E-state index contributed by atoms with van der Waals surface area (Å²) in [5, 5.41) is -0.496. The van der Waals surface area contributed by atoms with Crippen molar-refractivity contribution in [1.82, 2.24) is 4.90 Å². The first-order valence-corrected chi connectivity index (χ1v) is 10.7. The first kappa shape index (κ1) is 22.5. The van der Waals surface area contributed by atoms with Crippen LogP contribution >= 0.6 is 34.4 Å². The summed E-state index contributed by atoms with van der Waals surface area (Å²) in [7, 11) is 0. The molecule has 1 aliphatic rings. The van der Waals surface area contributed by atoms with Gasteiger partial charge < -0.3 is 14.2 Å². The highest BCUT2D eigenvalue weighted by Gasteiger charge is 2.36. The quantitative estimate of drug-likeness (QED) is 0.291. The van der Waals surface area contributed by atoms with Crippen molar-refractivity contribution in [2.75, 3.05) is 19.8 Å². The van der Waals surface area contributed by atoms with E-state index in [1.807, 2.05) is 26.8 Å². The summed E-state index contributed by atoms with van der Waals surface area (Å²) in [6.45, 7) is 7.66. The van der Waals surface area contributed by atoms with Gasteiger partial charge >= 0.3 is 5.97 Å². The van der Waals surface area contributed by atoms with Crippen molar-refractivity contribution in [3.63, 3.8) is 0 Å². The van der Waals surface area contributed by atoms with E-state index in [-0.39, 0.29) is 17.6 Å². The Kier molecular flexibility index (Phi) is 8.17. The minimum atomic E-state index is -0.616. The van der Waals surface area contributed by atoms with E-state index in [1.165, 1.54) is 0 Å². The Hall–Kier alpha value is -1.75. The van der Waals surface area contributed by atoms with Crippen molar-refractivity contribution >= 4 is 57.5 Å². The van der Waals surface area contributed by atoms with E-state index in [1.54, 1.807) is 19.1 Å². The van der Waals surface area contributed by atoms with Gasteiger partial charge in [0.1, 0.15) is 6.54 Å². The standard InChI is InChI=1S/C19H22INO6S/c1-5-25-14-8-12(7-13(20)17(14)27-11(3)4)9-15-18(23)21(19(24)28-15)10-16(22)26-6-2/h7-9,11H,5-6,10H2,1-4H3/b15-9+. The van der Waals surface area contributed by atoms with Gasteiger partial charge in [0.15, 0.2) is 11.5 Å². The van der Waals surface area contributed by atoms with Crippen molar-refractivity contribution in [2.24, 2.45) is 0 Å². The fourth-order valence-electron chi connectivity index (χ4n) is 2.41. The van der Waals surface area contributed by atoms with Gasteiger partial charge in [-0.05, 0) is 85.8 Å². The third kappa shape index (κ3) is 5.63. The number of carbonyl (C=O) groups is 3. The highest BCUT2D eigenvalue weighted by Crippen LogP contribution is 2.37. The molecule has 1 saturated heterocycles. The van der Waals surface area contributed by atoms with Crippen molar-refractivity contribution < 1.29 is 28.6 Å². The zero-order chi connectivity index (χ0) is 20.8. The molecule has 152 valence electrons. The number of hydrogen-bond donors (Lipinski definition) is 0. The van der Waals surface area contributed by atoms with Crippen LogP contribution in [0, 0.1) is 3.57 Å². The van der Waals surface area contributed by atoms with Crippen LogP contribution in [0.25, 0.3) is 6.08 Å². The van der Waals surface area contributed by atoms with Gasteiger partial charge in [-0.15, -0.1) is 0 Å². The van der Waals surface area contributed by atoms with Crippen LogP contribution in [0.3, 0.4) is 0 Å². The lowest BCUT2D eigenvalue weighted by Crippen LogP contribution is -2.34. The Morgan fingerprint density at radius 3 is 2.57 bits per heavy atom. The van der Waals surface area contributed by atoms with E-state index in [2.05, 4.69) is 22.6 Å². The number of carbonyl (C=O) groups excluding carboxylic acids is 3. The summed E-state index contributed by atoms with van der Waals surface area (Å²) in [4.78, 5) is 37.4. The molecule has 0 saturated carbocycles. The molecule has 1 aromatic rings. The van der Waals surface area contributed by atoms with Gasteiger partial charge in [0.2, 0.25) is 0 Å². The molecule has 0 N–H and O–H groups in total. The number of ether oxygens (including phenoxy) is 3. The van der Waals surface area contributed by atoms with E-state index < -0.39 is 23.7 Å². The molecule has 1 aromatic carbocycles. The average molecular weight is 519 g/mol. The van der Waals surface area contributed by atoms with Crippen LogP contribution < -0.4 is 9.47 Å². The summed E-state index contributed by atoms with van der Waals surface area (Å²) in [5.74, 6) is 0.0815. The SMILES string of the molecule is CCOC(=O)CN1C(=O)S/C(=C/c2cc(I)c(OC(C)C)c(OCC)c2)C1=O. The predicted molar refractivity (Wildman–Crippen MR) is 115 cm³/mol. The van der Waals surface area contributed by atoms with Gasteiger partial charge in [-0.25, -0.2) is 0 Å². The number of thioether (sulfide) groups is 1. The molecule has 0 bridgehead atoms. The Morgan fingerprint density at radius 1 is 1.25 bits per heavy atom. The molecule has 0 spiro atoms. The fourth-order valence-corrected chi connectivity index (χ4v) is 4.00. The molecule has 28 heavy (non-hydrogen) atoms. The second-order valence-electron chi connectivity index (χ2n) is 6.00. The maximum Gasteiger partial charge on any atom is 0.326 e. The lowest BCUT2D eigenvalue weighted by molar-refractivity contribution is -0.145. The number of hydrogen-bond acceptors (Lipinski definition) is 7. The van der Waals surface area contributed by atoms with E-state index in [0.29, 0.717) is 23.7 Å². The highest BCUT2D eigenvalue weighted by molar-refractivity contribution is 14.1. The number of esters is 1. The van der Waals surface area contributed by atoms with Crippen LogP contribution in [0.4, 0.5) is 4.79 Å². The number of imide groups is 1. The third-order valence-electron chi connectivity index (χ3n) is 3.45. The second-order valence-corrected chi connectivity index (χ2v) is 8.16. The fraction of sp³-hybridized carbons (Fsp3) is 0.421. The summed E-state index contributed by atoms with van der Waals surface area (Å²) < 4.78 is 17.2. The highest BCUT2D eigenvalue weighted by atomic mass is 127. The zero-order valence-corrected chi connectivity index (χ0v) is 19.1. The number of benzene rings is 1. The van der Waals surface area contributed by atoms with Crippen LogP contribution in [0.1, 0.15) is 33.3 Å². The molecule has 1 aliphatic heterocycles. The van der Waals surface area contributed by atoms with E-state index in [4.69, 9.17) is 14.2 Å². The maximum atomic E-state index is 12.5. The molecule has 0 aliphatic carbocycles. The molecule has 0 unspecified atom stereocenters. The Morgan fingerprint density at radius 2 is 1.96 bits per heavy atom. The zero-order valence-electron chi connectivity index (χ0n) is 16.1. The van der Waals surface area contributed by atoms with Crippen molar-refractivity contribution in [3.05, 3.63) is 26.2 Å². The Balaban J connectivity index is 2.30. The lowest BCUT2D eigenvalue weighted by Gasteiger charge is -2.17. The lowest BCUT2D eigenvalue weighted by atomic mass is 10.1. The van der Waals surface area contributed by atoms with E-state index >= 15 is 0 Å². The minimum absolute atomic E-state index is 0.0158. The average Bonchev–Trinajstić information content (AvgIpc) is 2.86. The molecular weight excluding hydrogens is 497 g/mol. The van der Waals surface area contributed by atoms with Crippen LogP contribution in [-0.2, 0) is 14.3 Å². The van der Waals surface area contributed by atoms with Gasteiger partial charge in [-0.1, -0.05) is 0 Å². The molecule has 0 radical (unpaired) electrons. The molecule has 2 rings (SSSR count). The van der Waals surface area contributed by atoms with E-state index in [0.717, 1.165) is 20.2 Å². The monoisotopic (exact) mass is 519 g/mol. The van der Waals surface area contributed by atoms with Gasteiger partial charge in [0, 0.05) is 0 Å². The number of rotatable bonds is 8. The molecule has 0 aromatic heterocycles. The second kappa shape index (κ2) is 10.1. The number of amides is 2. The predicted octanol–water partition coefficient (Wildman–Crippen LogP) is 4.08. The minimum Gasteiger partial charge on any atom is -0.490 e. The van der Waals surface area contributed by atoms with Crippen molar-refractivity contribution in [3.8, 4) is 11.5 Å². The third-order valence-corrected chi connectivity index (χ3v) is 5.16. The summed E-state index contributed by atoms with van der Waals surface area (Å²) in [6.07, 6.45) is 1.60.